The monoisotopic (exact) mass is 668 g/mol. The molecule has 0 N–H and O–H groups in total. The van der Waals surface area contributed by atoms with Crippen molar-refractivity contribution in [2.45, 2.75) is 90.9 Å². The minimum atomic E-state index is -0.0626. The minimum absolute atomic E-state index is 0.0626. The number of rotatable bonds is 4. The first kappa shape index (κ1) is 32.4. The van der Waals surface area contributed by atoms with Crippen molar-refractivity contribution in [1.29, 1.82) is 0 Å². The zero-order valence-corrected chi connectivity index (χ0v) is 31.4. The van der Waals surface area contributed by atoms with Crippen LogP contribution in [0.15, 0.2) is 114 Å². The smallest absolute Gasteiger partial charge is 0.0446 e. The summed E-state index contributed by atoms with van der Waals surface area (Å²) in [4.78, 5) is 5.22. The molecule has 4 aromatic carbocycles. The van der Waals surface area contributed by atoms with Gasteiger partial charge in [-0.3, -0.25) is 0 Å². The molecular weight excluding hydrogens is 617 g/mol. The van der Waals surface area contributed by atoms with Gasteiger partial charge < -0.3 is 9.80 Å². The van der Waals surface area contributed by atoms with Crippen molar-refractivity contribution in [2.24, 2.45) is 5.41 Å². The molecule has 3 aliphatic carbocycles. The van der Waals surface area contributed by atoms with Crippen LogP contribution in [-0.2, 0) is 10.8 Å². The van der Waals surface area contributed by atoms with Gasteiger partial charge >= 0.3 is 0 Å². The molecule has 0 saturated heterocycles. The van der Waals surface area contributed by atoms with Crippen LogP contribution in [0.5, 0.6) is 0 Å². The molecule has 258 valence electrons. The summed E-state index contributed by atoms with van der Waals surface area (Å²) in [6, 6.07) is 32.6. The number of benzene rings is 4. The predicted octanol–water partition coefficient (Wildman–Crippen LogP) is 10.8. The Kier molecular flexibility index (Phi) is 7.45. The summed E-state index contributed by atoms with van der Waals surface area (Å²) in [5.74, 6) is 0. The molecule has 2 aliphatic heterocycles. The van der Waals surface area contributed by atoms with Crippen LogP contribution in [-0.4, -0.2) is 13.1 Å². The third-order valence-electron chi connectivity index (χ3n) is 13.1. The van der Waals surface area contributed by atoms with E-state index >= 15 is 0 Å². The van der Waals surface area contributed by atoms with Crippen LogP contribution in [0.2, 0.25) is 0 Å². The Morgan fingerprint density at radius 2 is 1.31 bits per heavy atom. The molecule has 2 heterocycles. The molecule has 0 radical (unpaired) electrons. The van der Waals surface area contributed by atoms with Gasteiger partial charge in [-0.2, -0.15) is 0 Å². The van der Waals surface area contributed by atoms with E-state index in [-0.39, 0.29) is 16.2 Å². The molecule has 0 aromatic heterocycles. The van der Waals surface area contributed by atoms with Crippen molar-refractivity contribution in [3.8, 4) is 11.1 Å². The summed E-state index contributed by atoms with van der Waals surface area (Å²) in [5.41, 5.74) is 17.5. The Hall–Kier alpha value is -4.56. The zero-order valence-electron chi connectivity index (χ0n) is 31.4. The SMILES string of the molecule is CC1(C)CCN(c2ccc3c(c2)C(C)(C)c2cc(/C=C/C4=c5ccccc5=C(N5CCC(C)(C)c6ccccc65)CC4)ccc2-3)C2=C1CCC=C2. The fourth-order valence-electron chi connectivity index (χ4n) is 9.93. The Balaban J connectivity index is 1.05. The van der Waals surface area contributed by atoms with Gasteiger partial charge in [-0.25, -0.2) is 0 Å². The molecule has 2 nitrogen and oxygen atoms in total. The van der Waals surface area contributed by atoms with Crippen molar-refractivity contribution < 1.29 is 0 Å². The van der Waals surface area contributed by atoms with E-state index < -0.39 is 0 Å². The summed E-state index contributed by atoms with van der Waals surface area (Å²) in [5, 5.41) is 2.77. The standard InChI is InChI=1S/C49H52N2/c1-47(2)27-29-50(45-17-11-9-15-40(45)47)35-23-25-38-37-24-20-33(31-42(37)49(5,6)43(38)32-35)19-21-34-22-26-44(39-14-8-7-13-36(34)39)51-30-28-48(3,4)41-16-10-12-18-46(41)51/h7-8,10-14,16-21,23-25,31-32H,9,15,22,26-30H2,1-6H3/b21-19+. The highest BCUT2D eigenvalue weighted by Crippen LogP contribution is 2.51. The largest absolute Gasteiger partial charge is 0.344 e. The Morgan fingerprint density at radius 3 is 2.16 bits per heavy atom. The van der Waals surface area contributed by atoms with Crippen LogP contribution in [0.4, 0.5) is 11.4 Å². The van der Waals surface area contributed by atoms with Gasteiger partial charge in [0.1, 0.15) is 0 Å². The Bertz CT molecular complexity index is 2310. The van der Waals surface area contributed by atoms with E-state index in [9.17, 15) is 0 Å². The van der Waals surface area contributed by atoms with Crippen molar-refractivity contribution in [2.75, 3.05) is 22.9 Å². The molecule has 0 bridgehead atoms. The van der Waals surface area contributed by atoms with E-state index in [4.69, 9.17) is 0 Å². The average molecular weight is 669 g/mol. The molecular formula is C49H52N2. The van der Waals surface area contributed by atoms with E-state index in [1.807, 2.05) is 0 Å². The lowest BCUT2D eigenvalue weighted by Crippen LogP contribution is -2.42. The van der Waals surface area contributed by atoms with Crippen LogP contribution in [0.3, 0.4) is 0 Å². The summed E-state index contributed by atoms with van der Waals surface area (Å²) in [6.07, 6.45) is 16.3. The maximum absolute atomic E-state index is 2.62. The first-order valence-corrected chi connectivity index (χ1v) is 19.4. The molecule has 0 saturated carbocycles. The first-order chi connectivity index (χ1) is 24.5. The van der Waals surface area contributed by atoms with Crippen molar-refractivity contribution >= 4 is 28.7 Å². The van der Waals surface area contributed by atoms with Crippen LogP contribution >= 0.6 is 0 Å². The lowest BCUT2D eigenvalue weighted by atomic mass is 9.73. The summed E-state index contributed by atoms with van der Waals surface area (Å²) < 4.78 is 0. The van der Waals surface area contributed by atoms with Gasteiger partial charge in [-0.05, 0) is 123 Å². The third kappa shape index (κ3) is 5.20. The van der Waals surface area contributed by atoms with E-state index in [1.54, 1.807) is 5.57 Å². The van der Waals surface area contributed by atoms with Crippen molar-refractivity contribution in [3.63, 3.8) is 0 Å². The summed E-state index contributed by atoms with van der Waals surface area (Å²) in [6.45, 7) is 16.6. The minimum Gasteiger partial charge on any atom is -0.344 e. The van der Waals surface area contributed by atoms with E-state index in [2.05, 4.69) is 161 Å². The zero-order chi connectivity index (χ0) is 35.1. The van der Waals surface area contributed by atoms with Gasteiger partial charge in [0, 0.05) is 46.5 Å². The number of hydrogen-bond donors (Lipinski definition) is 0. The lowest BCUT2D eigenvalue weighted by molar-refractivity contribution is 0.374. The number of anilines is 2. The first-order valence-electron chi connectivity index (χ1n) is 19.4. The second kappa shape index (κ2) is 11.7. The molecule has 5 aliphatic rings. The topological polar surface area (TPSA) is 6.48 Å². The van der Waals surface area contributed by atoms with Gasteiger partial charge in [0.25, 0.3) is 0 Å². The third-order valence-corrected chi connectivity index (χ3v) is 13.1. The number of para-hydroxylation sites is 1. The van der Waals surface area contributed by atoms with Gasteiger partial charge in [0.2, 0.25) is 0 Å². The van der Waals surface area contributed by atoms with E-state index in [0.717, 1.165) is 32.4 Å². The van der Waals surface area contributed by atoms with Crippen LogP contribution in [0.25, 0.3) is 28.5 Å². The van der Waals surface area contributed by atoms with Gasteiger partial charge in [0.15, 0.2) is 0 Å². The fraction of sp³-hybridized carbons (Fsp3) is 0.347. The number of nitrogens with zero attached hydrogens (tertiary/aromatic N) is 2. The molecule has 0 fully saturated rings. The number of allylic oxidation sites excluding steroid dienone is 4. The molecule has 51 heavy (non-hydrogen) atoms. The Morgan fingerprint density at radius 1 is 0.608 bits per heavy atom. The quantitative estimate of drug-likeness (QED) is 0.214. The maximum Gasteiger partial charge on any atom is 0.0446 e. The van der Waals surface area contributed by atoms with Gasteiger partial charge in [0.05, 0.1) is 0 Å². The van der Waals surface area contributed by atoms with Gasteiger partial charge in [-0.15, -0.1) is 0 Å². The van der Waals surface area contributed by atoms with Crippen molar-refractivity contribution in [1.82, 2.24) is 0 Å². The summed E-state index contributed by atoms with van der Waals surface area (Å²) in [7, 11) is 0. The summed E-state index contributed by atoms with van der Waals surface area (Å²) >= 11 is 0. The highest BCUT2D eigenvalue weighted by Gasteiger charge is 2.38. The second-order valence-electron chi connectivity index (χ2n) is 17.4. The number of fused-ring (bicyclic) bond motifs is 5. The second-order valence-corrected chi connectivity index (χ2v) is 17.4. The lowest BCUT2D eigenvalue weighted by Gasteiger charge is -2.43. The van der Waals surface area contributed by atoms with Gasteiger partial charge in [-0.1, -0.05) is 127 Å². The molecule has 0 atom stereocenters. The van der Waals surface area contributed by atoms with Crippen LogP contribution in [0, 0.1) is 5.41 Å². The van der Waals surface area contributed by atoms with E-state index in [1.165, 1.54) is 91.4 Å². The highest BCUT2D eigenvalue weighted by atomic mass is 15.2. The highest BCUT2D eigenvalue weighted by molar-refractivity contribution is 5.85. The van der Waals surface area contributed by atoms with E-state index in [0.29, 0.717) is 0 Å². The predicted molar refractivity (Wildman–Crippen MR) is 217 cm³/mol. The number of hydrogen-bond acceptors (Lipinski definition) is 2. The normalized spacial score (nSPS) is 21.0. The van der Waals surface area contributed by atoms with Crippen LogP contribution in [0.1, 0.15) is 102 Å². The molecule has 0 unspecified atom stereocenters. The molecule has 4 aromatic rings. The molecule has 0 spiro atoms. The molecule has 0 amide bonds. The van der Waals surface area contributed by atoms with Crippen molar-refractivity contribution in [3.05, 3.63) is 147 Å². The molecule has 2 heteroatoms. The molecule has 9 rings (SSSR count). The maximum atomic E-state index is 2.62. The average Bonchev–Trinajstić information content (AvgIpc) is 3.36. The Labute approximate surface area is 305 Å². The fourth-order valence-corrected chi connectivity index (χ4v) is 9.93. The van der Waals surface area contributed by atoms with Crippen LogP contribution < -0.4 is 20.2 Å².